The lowest BCUT2D eigenvalue weighted by atomic mass is 10.0. The summed E-state index contributed by atoms with van der Waals surface area (Å²) in [5, 5.41) is 12.3. The number of aliphatic hydroxyl groups is 1. The van der Waals surface area contributed by atoms with Gasteiger partial charge in [-0.3, -0.25) is 4.98 Å². The van der Waals surface area contributed by atoms with Gasteiger partial charge in [-0.2, -0.15) is 0 Å². The van der Waals surface area contributed by atoms with Gasteiger partial charge in [0.2, 0.25) is 0 Å². The largest absolute Gasteiger partial charge is 0.380 e. The minimum Gasteiger partial charge on any atom is -0.380 e. The van der Waals surface area contributed by atoms with Crippen molar-refractivity contribution in [1.29, 1.82) is 0 Å². The summed E-state index contributed by atoms with van der Waals surface area (Å²) < 4.78 is 0. The second-order valence-electron chi connectivity index (χ2n) is 3.95. The molecule has 2 aromatic heterocycles. The van der Waals surface area contributed by atoms with Gasteiger partial charge in [-0.05, 0) is 23.1 Å². The molecule has 3 aromatic rings. The summed E-state index contributed by atoms with van der Waals surface area (Å²) in [5.41, 5.74) is 0.770. The molecule has 4 nitrogen and oxygen atoms in total. The van der Waals surface area contributed by atoms with Gasteiger partial charge in [-0.1, -0.05) is 18.2 Å². The molecule has 0 aliphatic rings. The zero-order valence-electron chi connectivity index (χ0n) is 9.56. The third kappa shape index (κ3) is 1.83. The number of hydrogen-bond donors (Lipinski definition) is 1. The highest BCUT2D eigenvalue weighted by atomic mass is 16.3. The minimum absolute atomic E-state index is 0.397. The lowest BCUT2D eigenvalue weighted by molar-refractivity contribution is 0.211. The average molecular weight is 237 g/mol. The summed E-state index contributed by atoms with van der Waals surface area (Å²) in [6, 6.07) is 9.40. The molecule has 0 spiro atoms. The molecule has 0 aliphatic heterocycles. The average Bonchev–Trinajstić information content (AvgIpc) is 2.47. The number of hydrogen-bond acceptors (Lipinski definition) is 4. The Bertz CT molecular complexity index is 665. The molecule has 0 saturated carbocycles. The van der Waals surface area contributed by atoms with Gasteiger partial charge in [-0.15, -0.1) is 0 Å². The van der Waals surface area contributed by atoms with E-state index in [9.17, 15) is 5.11 Å². The Morgan fingerprint density at radius 1 is 0.944 bits per heavy atom. The van der Waals surface area contributed by atoms with Crippen molar-refractivity contribution in [3.8, 4) is 0 Å². The summed E-state index contributed by atoms with van der Waals surface area (Å²) >= 11 is 0. The molecule has 0 aliphatic carbocycles. The molecule has 0 radical (unpaired) electrons. The Morgan fingerprint density at radius 2 is 1.78 bits per heavy atom. The van der Waals surface area contributed by atoms with E-state index in [1.165, 1.54) is 0 Å². The first-order valence-electron chi connectivity index (χ1n) is 5.64. The predicted molar refractivity (Wildman–Crippen MR) is 67.8 cm³/mol. The molecule has 0 fully saturated rings. The molecule has 0 amide bonds. The molecule has 1 atom stereocenters. The molecule has 4 heteroatoms. The first-order chi connectivity index (χ1) is 8.86. The van der Waals surface area contributed by atoms with Crippen molar-refractivity contribution >= 4 is 10.8 Å². The normalized spacial score (nSPS) is 12.5. The SMILES string of the molecule is OC(c1ncccn1)c1cccc2ccncc12. The Labute approximate surface area is 104 Å². The highest BCUT2D eigenvalue weighted by Crippen LogP contribution is 2.26. The van der Waals surface area contributed by atoms with E-state index >= 15 is 0 Å². The van der Waals surface area contributed by atoms with Crippen LogP contribution in [0.5, 0.6) is 0 Å². The number of aliphatic hydroxyl groups excluding tert-OH is 1. The standard InChI is InChI=1S/C14H11N3O/c18-13(14-16-6-2-7-17-14)11-4-1-3-10-5-8-15-9-12(10)11/h1-9,13,18H. The smallest absolute Gasteiger partial charge is 0.161 e. The lowest BCUT2D eigenvalue weighted by Gasteiger charge is -2.11. The van der Waals surface area contributed by atoms with E-state index in [0.717, 1.165) is 16.3 Å². The van der Waals surface area contributed by atoms with Crippen molar-refractivity contribution in [3.05, 3.63) is 66.5 Å². The molecule has 1 aromatic carbocycles. The van der Waals surface area contributed by atoms with E-state index in [1.807, 2.05) is 24.3 Å². The highest BCUT2D eigenvalue weighted by molar-refractivity contribution is 5.85. The number of nitrogens with zero attached hydrogens (tertiary/aromatic N) is 3. The second kappa shape index (κ2) is 4.50. The Morgan fingerprint density at radius 3 is 2.61 bits per heavy atom. The van der Waals surface area contributed by atoms with Crippen molar-refractivity contribution in [2.45, 2.75) is 6.10 Å². The Balaban J connectivity index is 2.15. The maximum atomic E-state index is 10.3. The summed E-state index contributed by atoms with van der Waals surface area (Å²) in [6.07, 6.45) is 5.89. The van der Waals surface area contributed by atoms with E-state index < -0.39 is 6.10 Å². The van der Waals surface area contributed by atoms with Crippen LogP contribution in [0.3, 0.4) is 0 Å². The summed E-state index contributed by atoms with van der Waals surface area (Å²) in [4.78, 5) is 12.3. The number of fused-ring (bicyclic) bond motifs is 1. The third-order valence-corrected chi connectivity index (χ3v) is 2.84. The van der Waals surface area contributed by atoms with Gasteiger partial charge < -0.3 is 5.11 Å². The van der Waals surface area contributed by atoms with Crippen LogP contribution in [0, 0.1) is 0 Å². The van der Waals surface area contributed by atoms with Gasteiger partial charge in [-0.25, -0.2) is 9.97 Å². The monoisotopic (exact) mass is 237 g/mol. The number of aromatic nitrogens is 3. The predicted octanol–water partition coefficient (Wildman–Crippen LogP) is 2.11. The van der Waals surface area contributed by atoms with Crippen molar-refractivity contribution < 1.29 is 5.11 Å². The molecule has 3 rings (SSSR count). The minimum atomic E-state index is -0.834. The van der Waals surface area contributed by atoms with Crippen LogP contribution in [0.15, 0.2) is 55.1 Å². The topological polar surface area (TPSA) is 58.9 Å². The van der Waals surface area contributed by atoms with Crippen LogP contribution in [0.1, 0.15) is 17.5 Å². The summed E-state index contributed by atoms with van der Waals surface area (Å²) in [7, 11) is 0. The summed E-state index contributed by atoms with van der Waals surface area (Å²) in [6.45, 7) is 0. The molecule has 0 bridgehead atoms. The molecule has 0 saturated heterocycles. The van der Waals surface area contributed by atoms with Gasteiger partial charge in [0.25, 0.3) is 0 Å². The molecule has 88 valence electrons. The quantitative estimate of drug-likeness (QED) is 0.741. The van der Waals surface area contributed by atoms with Gasteiger partial charge >= 0.3 is 0 Å². The first kappa shape index (κ1) is 10.8. The fraction of sp³-hybridized carbons (Fsp3) is 0.0714. The molecule has 18 heavy (non-hydrogen) atoms. The number of rotatable bonds is 2. The van der Waals surface area contributed by atoms with Crippen LogP contribution in [-0.2, 0) is 0 Å². The molecular weight excluding hydrogens is 226 g/mol. The van der Waals surface area contributed by atoms with Crippen LogP contribution in [0.25, 0.3) is 10.8 Å². The van der Waals surface area contributed by atoms with Crippen LogP contribution < -0.4 is 0 Å². The van der Waals surface area contributed by atoms with E-state index in [-0.39, 0.29) is 0 Å². The maximum absolute atomic E-state index is 10.3. The Kier molecular flexibility index (Phi) is 2.70. The van der Waals surface area contributed by atoms with E-state index in [4.69, 9.17) is 0 Å². The molecule has 1 unspecified atom stereocenters. The van der Waals surface area contributed by atoms with Crippen LogP contribution in [0.4, 0.5) is 0 Å². The van der Waals surface area contributed by atoms with Crippen LogP contribution >= 0.6 is 0 Å². The van der Waals surface area contributed by atoms with Gasteiger partial charge in [0, 0.05) is 30.2 Å². The van der Waals surface area contributed by atoms with Crippen LogP contribution in [-0.4, -0.2) is 20.1 Å². The molecule has 2 heterocycles. The van der Waals surface area contributed by atoms with Gasteiger partial charge in [0.1, 0.15) is 6.10 Å². The van der Waals surface area contributed by atoms with Gasteiger partial charge in [0.05, 0.1) is 0 Å². The van der Waals surface area contributed by atoms with Gasteiger partial charge in [0.15, 0.2) is 5.82 Å². The highest BCUT2D eigenvalue weighted by Gasteiger charge is 2.15. The van der Waals surface area contributed by atoms with E-state index in [0.29, 0.717) is 5.82 Å². The zero-order chi connectivity index (χ0) is 12.4. The number of pyridine rings is 1. The second-order valence-corrected chi connectivity index (χ2v) is 3.95. The first-order valence-corrected chi connectivity index (χ1v) is 5.64. The van der Waals surface area contributed by atoms with Crippen molar-refractivity contribution in [3.63, 3.8) is 0 Å². The molecular formula is C14H11N3O. The third-order valence-electron chi connectivity index (χ3n) is 2.84. The van der Waals surface area contributed by atoms with E-state index in [1.54, 1.807) is 30.9 Å². The van der Waals surface area contributed by atoms with Crippen molar-refractivity contribution in [2.75, 3.05) is 0 Å². The van der Waals surface area contributed by atoms with Crippen molar-refractivity contribution in [2.24, 2.45) is 0 Å². The fourth-order valence-corrected chi connectivity index (χ4v) is 1.97. The zero-order valence-corrected chi connectivity index (χ0v) is 9.56. The Hall–Kier alpha value is -2.33. The lowest BCUT2D eigenvalue weighted by Crippen LogP contribution is -2.05. The molecule has 1 N–H and O–H groups in total. The van der Waals surface area contributed by atoms with Crippen LogP contribution in [0.2, 0.25) is 0 Å². The maximum Gasteiger partial charge on any atom is 0.161 e. The van der Waals surface area contributed by atoms with Crippen molar-refractivity contribution in [1.82, 2.24) is 15.0 Å². The van der Waals surface area contributed by atoms with E-state index in [2.05, 4.69) is 15.0 Å². The fourth-order valence-electron chi connectivity index (χ4n) is 1.97. The summed E-state index contributed by atoms with van der Waals surface area (Å²) in [5.74, 6) is 0.397. The number of benzene rings is 1.